The lowest BCUT2D eigenvalue weighted by Crippen LogP contribution is -2.33. The molecular formula is C29H35FN3O7P. The molecule has 4 rings (SSSR count). The summed E-state index contributed by atoms with van der Waals surface area (Å²) >= 11 is 0. The predicted octanol–water partition coefficient (Wildman–Crippen LogP) is 5.37. The fourth-order valence-electron chi connectivity index (χ4n) is 4.68. The summed E-state index contributed by atoms with van der Waals surface area (Å²) in [7, 11) is -3.52. The van der Waals surface area contributed by atoms with Crippen LogP contribution in [0.2, 0.25) is 0 Å². The van der Waals surface area contributed by atoms with E-state index in [9.17, 15) is 23.7 Å². The van der Waals surface area contributed by atoms with Crippen molar-refractivity contribution >= 4 is 30.3 Å². The Morgan fingerprint density at radius 2 is 1.78 bits per heavy atom. The highest BCUT2D eigenvalue weighted by Gasteiger charge is 2.37. The minimum Gasteiger partial charge on any atom is -0.505 e. The van der Waals surface area contributed by atoms with Crippen LogP contribution in [0.1, 0.15) is 66.5 Å². The van der Waals surface area contributed by atoms with E-state index < -0.39 is 25.5 Å². The number of phenolic OH excluding ortho intramolecular Hbond substituents is 1. The van der Waals surface area contributed by atoms with E-state index in [1.54, 1.807) is 58.9 Å². The van der Waals surface area contributed by atoms with Gasteiger partial charge in [-0.3, -0.25) is 19.1 Å². The number of rotatable bonds is 12. The van der Waals surface area contributed by atoms with Gasteiger partial charge >= 0.3 is 7.60 Å². The van der Waals surface area contributed by atoms with E-state index in [1.807, 2.05) is 0 Å². The van der Waals surface area contributed by atoms with Crippen LogP contribution < -0.4 is 5.32 Å². The molecule has 1 atom stereocenters. The molecule has 41 heavy (non-hydrogen) atoms. The summed E-state index contributed by atoms with van der Waals surface area (Å²) in [5.41, 5.74) is 1.45. The van der Waals surface area contributed by atoms with E-state index >= 15 is 0 Å². The Morgan fingerprint density at radius 1 is 1.12 bits per heavy atom. The Labute approximate surface area is 238 Å². The third-order valence-corrected chi connectivity index (χ3v) is 8.27. The van der Waals surface area contributed by atoms with Gasteiger partial charge in [-0.05, 0) is 58.4 Å². The van der Waals surface area contributed by atoms with Gasteiger partial charge < -0.3 is 29.1 Å². The number of nitrogens with zero attached hydrogens (tertiary/aromatic N) is 2. The lowest BCUT2D eigenvalue weighted by molar-refractivity contribution is 0.0604. The summed E-state index contributed by atoms with van der Waals surface area (Å²) in [5.74, 6) is -1.61. The molecule has 10 nitrogen and oxygen atoms in total. The van der Waals surface area contributed by atoms with Crippen molar-refractivity contribution in [1.29, 1.82) is 0 Å². The molecule has 0 spiro atoms. The molecule has 1 aromatic heterocycles. The van der Waals surface area contributed by atoms with Gasteiger partial charge in [0, 0.05) is 36.8 Å². The second kappa shape index (κ2) is 12.7. The van der Waals surface area contributed by atoms with Gasteiger partial charge in [0.15, 0.2) is 5.75 Å². The molecule has 0 saturated heterocycles. The first-order valence-electron chi connectivity index (χ1n) is 13.4. The second-order valence-electron chi connectivity index (χ2n) is 10.5. The van der Waals surface area contributed by atoms with E-state index in [2.05, 4.69) is 10.3 Å². The van der Waals surface area contributed by atoms with Gasteiger partial charge in [-0.15, -0.1) is 0 Å². The fraction of sp³-hybridized carbons (Fsp3) is 0.414. The van der Waals surface area contributed by atoms with Crippen molar-refractivity contribution in [3.63, 3.8) is 0 Å². The lowest BCUT2D eigenvalue weighted by Gasteiger charge is -2.24. The van der Waals surface area contributed by atoms with Crippen LogP contribution in [0.3, 0.4) is 0 Å². The lowest BCUT2D eigenvalue weighted by atomic mass is 9.96. The molecule has 3 aromatic rings. The zero-order chi connectivity index (χ0) is 29.9. The van der Waals surface area contributed by atoms with Crippen LogP contribution in [0.15, 0.2) is 42.6 Å². The average molecular weight is 588 g/mol. The summed E-state index contributed by atoms with van der Waals surface area (Å²) in [6.07, 6.45) is -0.0262. The van der Waals surface area contributed by atoms with Gasteiger partial charge in [-0.25, -0.2) is 4.39 Å². The van der Waals surface area contributed by atoms with E-state index in [-0.39, 0.29) is 66.4 Å². The number of benzene rings is 2. The Morgan fingerprint density at radius 3 is 2.41 bits per heavy atom. The van der Waals surface area contributed by atoms with E-state index in [0.29, 0.717) is 16.5 Å². The average Bonchev–Trinajstić information content (AvgIpc) is 3.22. The van der Waals surface area contributed by atoms with Crippen molar-refractivity contribution in [3.05, 3.63) is 70.7 Å². The Bertz CT molecular complexity index is 1470. The van der Waals surface area contributed by atoms with Crippen LogP contribution >= 0.6 is 7.60 Å². The zero-order valence-electron chi connectivity index (χ0n) is 23.7. The summed E-state index contributed by atoms with van der Waals surface area (Å²) in [5, 5.41) is 14.2. The summed E-state index contributed by atoms with van der Waals surface area (Å²) in [4.78, 5) is 32.7. The van der Waals surface area contributed by atoms with Crippen molar-refractivity contribution in [3.8, 4) is 5.75 Å². The normalized spacial score (nSPS) is 14.2. The molecule has 2 amide bonds. The third-order valence-electron chi connectivity index (χ3n) is 6.32. The number of carbonyl (C=O) groups is 2. The molecular weight excluding hydrogens is 552 g/mol. The molecule has 2 N–H and O–H groups in total. The first-order valence-corrected chi connectivity index (χ1v) is 15.1. The molecule has 0 saturated carbocycles. The zero-order valence-corrected chi connectivity index (χ0v) is 24.6. The highest BCUT2D eigenvalue weighted by molar-refractivity contribution is 7.53. The number of nitrogens with one attached hydrogen (secondary N) is 1. The maximum absolute atomic E-state index is 13.6. The van der Waals surface area contributed by atoms with Crippen molar-refractivity contribution < 1.29 is 37.4 Å². The van der Waals surface area contributed by atoms with Crippen molar-refractivity contribution in [2.24, 2.45) is 0 Å². The minimum absolute atomic E-state index is 0.0189. The molecule has 2 heterocycles. The van der Waals surface area contributed by atoms with Gasteiger partial charge in [0.1, 0.15) is 17.7 Å². The Hall–Kier alpha value is -3.37. The van der Waals surface area contributed by atoms with E-state index in [0.717, 1.165) is 0 Å². The summed E-state index contributed by atoms with van der Waals surface area (Å²) in [6, 6.07) is 9.08. The predicted molar refractivity (Wildman–Crippen MR) is 151 cm³/mol. The topological polar surface area (TPSA) is 127 Å². The first-order chi connectivity index (χ1) is 19.4. The number of aromatic hydroxyl groups is 1. The first kappa shape index (κ1) is 30.6. The smallest absolute Gasteiger partial charge is 0.356 e. The number of halogens is 1. The van der Waals surface area contributed by atoms with Gasteiger partial charge in [0.05, 0.1) is 29.4 Å². The van der Waals surface area contributed by atoms with Crippen molar-refractivity contribution in [2.45, 2.75) is 66.0 Å². The molecule has 2 aromatic carbocycles. The van der Waals surface area contributed by atoms with Gasteiger partial charge in [0.25, 0.3) is 11.8 Å². The van der Waals surface area contributed by atoms with Crippen molar-refractivity contribution in [2.75, 3.05) is 12.9 Å². The van der Waals surface area contributed by atoms with E-state index in [4.69, 9.17) is 13.8 Å². The maximum Gasteiger partial charge on any atom is 0.356 e. The van der Waals surface area contributed by atoms with Crippen molar-refractivity contribution in [1.82, 2.24) is 15.2 Å². The number of ether oxygens (including phenoxy) is 1. The molecule has 0 unspecified atom stereocenters. The molecule has 0 fully saturated rings. The largest absolute Gasteiger partial charge is 0.505 e. The summed E-state index contributed by atoms with van der Waals surface area (Å²) < 4.78 is 43.2. The molecule has 1 aliphatic heterocycles. The van der Waals surface area contributed by atoms with Crippen LogP contribution in [-0.4, -0.2) is 58.0 Å². The molecule has 220 valence electrons. The number of phenols is 1. The monoisotopic (exact) mass is 587 g/mol. The highest BCUT2D eigenvalue weighted by Crippen LogP contribution is 2.50. The quantitative estimate of drug-likeness (QED) is 0.271. The number of pyridine rings is 1. The molecule has 0 aliphatic carbocycles. The highest BCUT2D eigenvalue weighted by atomic mass is 31.2. The number of fused-ring (bicyclic) bond motifs is 2. The van der Waals surface area contributed by atoms with Gasteiger partial charge in [-0.1, -0.05) is 18.2 Å². The molecule has 0 radical (unpaired) electrons. The Balaban J connectivity index is 1.54. The third kappa shape index (κ3) is 7.11. The SMILES string of the molecule is CC(C)OP(=O)(CO[C@H](C)CNC(=O)c1c2c(c(O)c3ncccc13)C(=O)N(Cc1ccc(F)cc1)C2)OC(C)C. The number of amides is 2. The van der Waals surface area contributed by atoms with Crippen LogP contribution in [0.4, 0.5) is 4.39 Å². The minimum atomic E-state index is -3.52. The van der Waals surface area contributed by atoms with Crippen LogP contribution in [0.5, 0.6) is 5.75 Å². The standard InChI is InChI=1S/C29H35FN3O7P/c1-17(2)39-41(37,40-18(3)4)16-38-19(5)13-32-28(35)24-22-7-6-12-31-26(22)27(34)25-23(24)15-33(29(25)36)14-20-8-10-21(30)11-9-20/h6-12,17-19,34H,13-16H2,1-5H3,(H,32,35)/t19-/m1/s1. The van der Waals surface area contributed by atoms with Crippen LogP contribution in [-0.2, 0) is 31.4 Å². The molecule has 12 heteroatoms. The van der Waals surface area contributed by atoms with Crippen LogP contribution in [0.25, 0.3) is 10.9 Å². The van der Waals surface area contributed by atoms with E-state index in [1.165, 1.54) is 23.2 Å². The number of hydrogen-bond donors (Lipinski definition) is 2. The molecule has 1 aliphatic rings. The van der Waals surface area contributed by atoms with Gasteiger partial charge in [0.2, 0.25) is 0 Å². The number of carbonyl (C=O) groups excluding carboxylic acids is 2. The van der Waals surface area contributed by atoms with Crippen LogP contribution in [0, 0.1) is 5.82 Å². The van der Waals surface area contributed by atoms with Gasteiger partial charge in [-0.2, -0.15) is 0 Å². The maximum atomic E-state index is 13.6. The Kier molecular flexibility index (Phi) is 9.44. The second-order valence-corrected chi connectivity index (χ2v) is 12.4. The number of hydrogen-bond acceptors (Lipinski definition) is 8. The molecule has 0 bridgehead atoms. The number of aromatic nitrogens is 1. The summed E-state index contributed by atoms with van der Waals surface area (Å²) in [6.45, 7) is 9.02. The fourth-order valence-corrected chi connectivity index (χ4v) is 6.57.